The molecule has 2 rings (SSSR count). The van der Waals surface area contributed by atoms with Crippen LogP contribution in [0.4, 0.5) is 5.82 Å². The van der Waals surface area contributed by atoms with Gasteiger partial charge in [0.15, 0.2) is 0 Å². The highest BCUT2D eigenvalue weighted by molar-refractivity contribution is 5.93. The second kappa shape index (κ2) is 6.70. The smallest absolute Gasteiger partial charge is 0.248 e. The normalized spacial score (nSPS) is 17.4. The fourth-order valence-electron chi connectivity index (χ4n) is 2.75. The molecule has 1 atom stereocenters. The summed E-state index contributed by atoms with van der Waals surface area (Å²) in [5.74, 6) is 0.876. The van der Waals surface area contributed by atoms with E-state index in [2.05, 4.69) is 29.0 Å². The van der Waals surface area contributed by atoms with Gasteiger partial charge in [0.25, 0.3) is 0 Å². The monoisotopic (exact) mass is 276 g/mol. The lowest BCUT2D eigenvalue weighted by Gasteiger charge is -2.31. The standard InChI is InChI=1S/C15H24N4O/c1-11(2)13(19-7-3-4-8-19)10-18-14-9-12(15(16)20)5-6-17-14/h5-6,9,11,13H,3-4,7-8,10H2,1-2H3,(H2,16,20)(H,17,18). The molecule has 1 amide bonds. The van der Waals surface area contributed by atoms with Crippen LogP contribution in [0.15, 0.2) is 18.3 Å². The molecule has 1 aliphatic rings. The molecule has 0 aliphatic carbocycles. The number of nitrogens with zero attached hydrogens (tertiary/aromatic N) is 2. The molecule has 0 spiro atoms. The first-order chi connectivity index (χ1) is 9.58. The maximum Gasteiger partial charge on any atom is 0.248 e. The fraction of sp³-hybridized carbons (Fsp3) is 0.600. The first-order valence-corrected chi connectivity index (χ1v) is 7.31. The van der Waals surface area contributed by atoms with Gasteiger partial charge in [0.2, 0.25) is 5.91 Å². The van der Waals surface area contributed by atoms with Crippen LogP contribution in [0.25, 0.3) is 0 Å². The van der Waals surface area contributed by atoms with Crippen molar-refractivity contribution in [1.29, 1.82) is 0 Å². The Morgan fingerprint density at radius 3 is 2.75 bits per heavy atom. The minimum absolute atomic E-state index is 0.421. The third-order valence-electron chi connectivity index (χ3n) is 3.92. The predicted molar refractivity (Wildman–Crippen MR) is 80.7 cm³/mol. The Kier molecular flexibility index (Phi) is 4.95. The molecule has 0 saturated carbocycles. The van der Waals surface area contributed by atoms with E-state index in [9.17, 15) is 4.79 Å². The molecular weight excluding hydrogens is 252 g/mol. The average molecular weight is 276 g/mol. The largest absolute Gasteiger partial charge is 0.368 e. The zero-order valence-corrected chi connectivity index (χ0v) is 12.3. The van der Waals surface area contributed by atoms with Crippen molar-refractivity contribution in [3.05, 3.63) is 23.9 Å². The highest BCUT2D eigenvalue weighted by atomic mass is 16.1. The van der Waals surface area contributed by atoms with Gasteiger partial charge in [0, 0.05) is 24.3 Å². The predicted octanol–water partition coefficient (Wildman–Crippen LogP) is 1.71. The molecule has 1 fully saturated rings. The van der Waals surface area contributed by atoms with Crippen LogP contribution in [0.5, 0.6) is 0 Å². The molecule has 3 N–H and O–H groups in total. The number of pyridine rings is 1. The topological polar surface area (TPSA) is 71.2 Å². The van der Waals surface area contributed by atoms with E-state index in [4.69, 9.17) is 5.73 Å². The van der Waals surface area contributed by atoms with Crippen LogP contribution < -0.4 is 11.1 Å². The van der Waals surface area contributed by atoms with Gasteiger partial charge >= 0.3 is 0 Å². The Balaban J connectivity index is 1.98. The van der Waals surface area contributed by atoms with Gasteiger partial charge in [0.05, 0.1) is 0 Å². The Labute approximate surface area is 120 Å². The summed E-state index contributed by atoms with van der Waals surface area (Å²) in [6.45, 7) is 7.70. The van der Waals surface area contributed by atoms with Gasteiger partial charge in [-0.25, -0.2) is 4.98 Å². The van der Waals surface area contributed by atoms with Gasteiger partial charge in [-0.15, -0.1) is 0 Å². The van der Waals surface area contributed by atoms with Gasteiger partial charge < -0.3 is 11.1 Å². The summed E-state index contributed by atoms with van der Waals surface area (Å²) >= 11 is 0. The molecule has 110 valence electrons. The summed E-state index contributed by atoms with van der Waals surface area (Å²) in [6.07, 6.45) is 4.19. The Morgan fingerprint density at radius 2 is 2.15 bits per heavy atom. The van der Waals surface area contributed by atoms with Gasteiger partial charge in [-0.3, -0.25) is 9.69 Å². The van der Waals surface area contributed by atoms with Crippen molar-refractivity contribution < 1.29 is 4.79 Å². The zero-order chi connectivity index (χ0) is 14.5. The van der Waals surface area contributed by atoms with Gasteiger partial charge in [-0.2, -0.15) is 0 Å². The Bertz CT molecular complexity index is 455. The zero-order valence-electron chi connectivity index (χ0n) is 12.3. The van der Waals surface area contributed by atoms with E-state index < -0.39 is 5.91 Å². The van der Waals surface area contributed by atoms with E-state index in [0.29, 0.717) is 23.3 Å². The maximum absolute atomic E-state index is 11.2. The molecule has 5 nitrogen and oxygen atoms in total. The number of hydrogen-bond acceptors (Lipinski definition) is 4. The van der Waals surface area contributed by atoms with Crippen molar-refractivity contribution in [1.82, 2.24) is 9.88 Å². The molecule has 2 heterocycles. The number of nitrogens with one attached hydrogen (secondary N) is 1. The molecule has 5 heteroatoms. The van der Waals surface area contributed by atoms with Crippen molar-refractivity contribution in [3.63, 3.8) is 0 Å². The van der Waals surface area contributed by atoms with Crippen molar-refractivity contribution >= 4 is 11.7 Å². The molecule has 1 aromatic heterocycles. The first-order valence-electron chi connectivity index (χ1n) is 7.31. The van der Waals surface area contributed by atoms with Crippen LogP contribution in [-0.4, -0.2) is 41.5 Å². The van der Waals surface area contributed by atoms with Crippen molar-refractivity contribution in [2.24, 2.45) is 11.7 Å². The second-order valence-electron chi connectivity index (χ2n) is 5.73. The summed E-state index contributed by atoms with van der Waals surface area (Å²) in [6, 6.07) is 3.84. The lowest BCUT2D eigenvalue weighted by molar-refractivity contribution is 0.1000. The van der Waals surface area contributed by atoms with Gasteiger partial charge in [-0.1, -0.05) is 13.8 Å². The summed E-state index contributed by atoms with van der Waals surface area (Å²) < 4.78 is 0. The van der Waals surface area contributed by atoms with Gasteiger partial charge in [-0.05, 0) is 44.0 Å². The number of aromatic nitrogens is 1. The highest BCUT2D eigenvalue weighted by Crippen LogP contribution is 2.18. The number of amides is 1. The van der Waals surface area contributed by atoms with Crippen LogP contribution in [0.1, 0.15) is 37.0 Å². The molecule has 0 aromatic carbocycles. The third-order valence-corrected chi connectivity index (χ3v) is 3.92. The van der Waals surface area contributed by atoms with E-state index >= 15 is 0 Å². The number of primary amides is 1. The quantitative estimate of drug-likeness (QED) is 0.830. The minimum Gasteiger partial charge on any atom is -0.368 e. The molecule has 1 aromatic rings. The third kappa shape index (κ3) is 3.70. The first kappa shape index (κ1) is 14.8. The van der Waals surface area contributed by atoms with Crippen LogP contribution in [0.3, 0.4) is 0 Å². The van der Waals surface area contributed by atoms with Crippen LogP contribution in [-0.2, 0) is 0 Å². The van der Waals surface area contributed by atoms with Crippen molar-refractivity contribution in [3.8, 4) is 0 Å². The maximum atomic E-state index is 11.2. The number of nitrogens with two attached hydrogens (primary N) is 1. The van der Waals surface area contributed by atoms with E-state index in [1.54, 1.807) is 18.3 Å². The number of rotatable bonds is 6. The highest BCUT2D eigenvalue weighted by Gasteiger charge is 2.24. The summed E-state index contributed by atoms with van der Waals surface area (Å²) in [5.41, 5.74) is 5.77. The minimum atomic E-state index is -0.421. The number of carbonyl (C=O) groups excluding carboxylic acids is 1. The van der Waals surface area contributed by atoms with Crippen LogP contribution in [0.2, 0.25) is 0 Å². The van der Waals surface area contributed by atoms with Crippen LogP contribution >= 0.6 is 0 Å². The molecule has 1 unspecified atom stereocenters. The lowest BCUT2D eigenvalue weighted by Crippen LogP contribution is -2.42. The van der Waals surface area contributed by atoms with Gasteiger partial charge in [0.1, 0.15) is 5.82 Å². The Morgan fingerprint density at radius 1 is 1.45 bits per heavy atom. The summed E-state index contributed by atoms with van der Waals surface area (Å²) in [5, 5.41) is 3.34. The average Bonchev–Trinajstić information content (AvgIpc) is 2.93. The second-order valence-corrected chi connectivity index (χ2v) is 5.73. The number of hydrogen-bond donors (Lipinski definition) is 2. The fourth-order valence-corrected chi connectivity index (χ4v) is 2.75. The van der Waals surface area contributed by atoms with E-state index in [1.165, 1.54) is 25.9 Å². The molecule has 0 radical (unpaired) electrons. The van der Waals surface area contributed by atoms with E-state index in [-0.39, 0.29) is 0 Å². The lowest BCUT2D eigenvalue weighted by atomic mass is 10.0. The summed E-state index contributed by atoms with van der Waals surface area (Å²) in [4.78, 5) is 17.9. The SMILES string of the molecule is CC(C)C(CNc1cc(C(N)=O)ccn1)N1CCCC1. The molecule has 1 saturated heterocycles. The number of carbonyl (C=O) groups is 1. The van der Waals surface area contributed by atoms with E-state index in [0.717, 1.165) is 6.54 Å². The number of anilines is 1. The van der Waals surface area contributed by atoms with Crippen molar-refractivity contribution in [2.75, 3.05) is 25.0 Å². The van der Waals surface area contributed by atoms with E-state index in [1.807, 2.05) is 0 Å². The molecule has 1 aliphatic heterocycles. The van der Waals surface area contributed by atoms with Crippen LogP contribution in [0, 0.1) is 5.92 Å². The molecule has 0 bridgehead atoms. The number of likely N-dealkylation sites (tertiary alicyclic amines) is 1. The Hall–Kier alpha value is -1.62. The molecular formula is C15H24N4O. The van der Waals surface area contributed by atoms with Crippen molar-refractivity contribution in [2.45, 2.75) is 32.7 Å². The molecule has 20 heavy (non-hydrogen) atoms. The summed E-state index contributed by atoms with van der Waals surface area (Å²) in [7, 11) is 0.